The molecule has 2 N–H and O–H groups in total. The predicted octanol–water partition coefficient (Wildman–Crippen LogP) is 2.25. The van der Waals surface area contributed by atoms with Crippen molar-refractivity contribution in [3.05, 3.63) is 0 Å². The second-order valence-electron chi connectivity index (χ2n) is 5.64. The predicted molar refractivity (Wildman–Crippen MR) is 73.1 cm³/mol. The monoisotopic (exact) mass is 242 g/mol. The Morgan fingerprint density at radius 2 is 2.06 bits per heavy atom. The van der Waals surface area contributed by atoms with Gasteiger partial charge >= 0.3 is 0 Å². The first-order valence-electron chi connectivity index (χ1n) is 7.10. The van der Waals surface area contributed by atoms with E-state index in [1.54, 1.807) is 7.11 Å². The molecule has 3 nitrogen and oxygen atoms in total. The van der Waals surface area contributed by atoms with E-state index in [0.29, 0.717) is 18.1 Å². The Balaban J connectivity index is 2.62. The molecule has 1 aliphatic carbocycles. The fourth-order valence-corrected chi connectivity index (χ4v) is 3.01. The van der Waals surface area contributed by atoms with Gasteiger partial charge in [0.2, 0.25) is 0 Å². The standard InChI is InChI=1S/C14H30N2O/c1-5-12-6-7-13(15)14(10-12)16(11(2)3)8-9-17-4/h11-14H,5-10,15H2,1-4H3. The van der Waals surface area contributed by atoms with Crippen LogP contribution in [-0.2, 0) is 4.74 Å². The van der Waals surface area contributed by atoms with Crippen molar-refractivity contribution in [2.24, 2.45) is 11.7 Å². The lowest BCUT2D eigenvalue weighted by Crippen LogP contribution is -2.54. The third-order valence-electron chi connectivity index (χ3n) is 4.20. The molecule has 0 aliphatic heterocycles. The molecule has 0 saturated heterocycles. The van der Waals surface area contributed by atoms with Gasteiger partial charge < -0.3 is 10.5 Å². The van der Waals surface area contributed by atoms with Crippen molar-refractivity contribution >= 4 is 0 Å². The van der Waals surface area contributed by atoms with E-state index in [9.17, 15) is 0 Å². The van der Waals surface area contributed by atoms with Crippen LogP contribution in [0, 0.1) is 5.92 Å². The van der Waals surface area contributed by atoms with Crippen LogP contribution in [-0.4, -0.2) is 43.3 Å². The lowest BCUT2D eigenvalue weighted by Gasteiger charge is -2.43. The molecule has 1 fully saturated rings. The van der Waals surface area contributed by atoms with Gasteiger partial charge in [-0.15, -0.1) is 0 Å². The average Bonchev–Trinajstić information content (AvgIpc) is 2.31. The van der Waals surface area contributed by atoms with E-state index in [-0.39, 0.29) is 0 Å². The second kappa shape index (κ2) is 7.34. The fraction of sp³-hybridized carbons (Fsp3) is 1.00. The zero-order valence-corrected chi connectivity index (χ0v) is 12.0. The summed E-state index contributed by atoms with van der Waals surface area (Å²) in [4.78, 5) is 2.54. The average molecular weight is 242 g/mol. The number of nitrogens with zero attached hydrogens (tertiary/aromatic N) is 1. The van der Waals surface area contributed by atoms with Gasteiger partial charge in [-0.05, 0) is 39.0 Å². The molecule has 1 aliphatic rings. The zero-order chi connectivity index (χ0) is 12.8. The minimum absolute atomic E-state index is 0.344. The minimum Gasteiger partial charge on any atom is -0.383 e. The van der Waals surface area contributed by atoms with Crippen molar-refractivity contribution < 1.29 is 4.74 Å². The van der Waals surface area contributed by atoms with Crippen LogP contribution in [0.15, 0.2) is 0 Å². The van der Waals surface area contributed by atoms with Crippen molar-refractivity contribution in [2.45, 2.75) is 64.6 Å². The molecule has 0 spiro atoms. The zero-order valence-electron chi connectivity index (χ0n) is 12.0. The van der Waals surface area contributed by atoms with Crippen LogP contribution in [0.5, 0.6) is 0 Å². The van der Waals surface area contributed by atoms with Crippen LogP contribution in [0.1, 0.15) is 46.5 Å². The molecule has 0 aromatic heterocycles. The second-order valence-corrected chi connectivity index (χ2v) is 5.64. The number of methoxy groups -OCH3 is 1. The Kier molecular flexibility index (Phi) is 6.45. The SMILES string of the molecule is CCC1CCC(N)C(N(CCOC)C(C)C)C1. The van der Waals surface area contributed by atoms with Crippen LogP contribution in [0.4, 0.5) is 0 Å². The molecule has 1 saturated carbocycles. The van der Waals surface area contributed by atoms with E-state index in [4.69, 9.17) is 10.5 Å². The molecule has 0 bridgehead atoms. The molecule has 0 aromatic carbocycles. The van der Waals surface area contributed by atoms with Crippen LogP contribution in [0.2, 0.25) is 0 Å². The molecule has 0 heterocycles. The van der Waals surface area contributed by atoms with Gasteiger partial charge in [-0.3, -0.25) is 4.90 Å². The van der Waals surface area contributed by atoms with E-state index < -0.39 is 0 Å². The van der Waals surface area contributed by atoms with Gasteiger partial charge in [0.25, 0.3) is 0 Å². The summed E-state index contributed by atoms with van der Waals surface area (Å²) in [6.45, 7) is 8.63. The summed E-state index contributed by atoms with van der Waals surface area (Å²) in [5.74, 6) is 0.864. The lowest BCUT2D eigenvalue weighted by molar-refractivity contribution is 0.0548. The molecule has 0 aromatic rings. The minimum atomic E-state index is 0.344. The molecular formula is C14H30N2O. The number of rotatable bonds is 6. The van der Waals surface area contributed by atoms with Gasteiger partial charge in [-0.2, -0.15) is 0 Å². The third kappa shape index (κ3) is 4.23. The van der Waals surface area contributed by atoms with E-state index >= 15 is 0 Å². The van der Waals surface area contributed by atoms with Gasteiger partial charge in [-0.1, -0.05) is 13.3 Å². The lowest BCUT2D eigenvalue weighted by atomic mass is 9.80. The van der Waals surface area contributed by atoms with E-state index in [1.165, 1.54) is 25.7 Å². The van der Waals surface area contributed by atoms with E-state index in [0.717, 1.165) is 19.1 Å². The Labute approximate surface area is 107 Å². The van der Waals surface area contributed by atoms with Crippen molar-refractivity contribution in [1.29, 1.82) is 0 Å². The van der Waals surface area contributed by atoms with Gasteiger partial charge in [-0.25, -0.2) is 0 Å². The molecule has 0 amide bonds. The maximum atomic E-state index is 6.32. The van der Waals surface area contributed by atoms with Crippen LogP contribution in [0.3, 0.4) is 0 Å². The molecule has 17 heavy (non-hydrogen) atoms. The van der Waals surface area contributed by atoms with Crippen molar-refractivity contribution in [3.8, 4) is 0 Å². The first kappa shape index (κ1) is 14.9. The molecule has 3 unspecified atom stereocenters. The summed E-state index contributed by atoms with van der Waals surface area (Å²) in [6, 6.07) is 1.44. The number of ether oxygens (including phenoxy) is 1. The summed E-state index contributed by atoms with van der Waals surface area (Å²) >= 11 is 0. The normalized spacial score (nSPS) is 30.2. The fourth-order valence-electron chi connectivity index (χ4n) is 3.01. The van der Waals surface area contributed by atoms with Gasteiger partial charge in [0, 0.05) is 31.8 Å². The first-order valence-corrected chi connectivity index (χ1v) is 7.10. The number of nitrogens with two attached hydrogens (primary N) is 1. The van der Waals surface area contributed by atoms with E-state index in [2.05, 4.69) is 25.7 Å². The molecular weight excluding hydrogens is 212 g/mol. The first-order chi connectivity index (χ1) is 8.10. The largest absolute Gasteiger partial charge is 0.383 e. The van der Waals surface area contributed by atoms with Crippen molar-refractivity contribution in [2.75, 3.05) is 20.3 Å². The van der Waals surface area contributed by atoms with E-state index in [1.807, 2.05) is 0 Å². The Hall–Kier alpha value is -0.120. The molecule has 0 radical (unpaired) electrons. The van der Waals surface area contributed by atoms with Gasteiger partial charge in [0.15, 0.2) is 0 Å². The smallest absolute Gasteiger partial charge is 0.0589 e. The highest BCUT2D eigenvalue weighted by Gasteiger charge is 2.32. The van der Waals surface area contributed by atoms with Gasteiger partial charge in [0.1, 0.15) is 0 Å². The quantitative estimate of drug-likeness (QED) is 0.776. The van der Waals surface area contributed by atoms with Crippen LogP contribution in [0.25, 0.3) is 0 Å². The summed E-state index contributed by atoms with van der Waals surface area (Å²) in [6.07, 6.45) is 5.04. The highest BCUT2D eigenvalue weighted by molar-refractivity contribution is 4.90. The highest BCUT2D eigenvalue weighted by atomic mass is 16.5. The van der Waals surface area contributed by atoms with Crippen LogP contribution >= 0.6 is 0 Å². The maximum Gasteiger partial charge on any atom is 0.0589 e. The Bertz CT molecular complexity index is 208. The third-order valence-corrected chi connectivity index (χ3v) is 4.20. The molecule has 3 heteroatoms. The summed E-state index contributed by atoms with van der Waals surface area (Å²) < 4.78 is 5.22. The molecule has 102 valence electrons. The van der Waals surface area contributed by atoms with Crippen molar-refractivity contribution in [1.82, 2.24) is 4.90 Å². The highest BCUT2D eigenvalue weighted by Crippen LogP contribution is 2.30. The summed E-state index contributed by atoms with van der Waals surface area (Å²) in [5.41, 5.74) is 6.32. The topological polar surface area (TPSA) is 38.5 Å². The maximum absolute atomic E-state index is 6.32. The molecule has 1 rings (SSSR count). The Morgan fingerprint density at radius 1 is 1.35 bits per heavy atom. The number of hydrogen-bond acceptors (Lipinski definition) is 3. The molecule has 3 atom stereocenters. The Morgan fingerprint density at radius 3 is 2.59 bits per heavy atom. The summed E-state index contributed by atoms with van der Waals surface area (Å²) in [5, 5.41) is 0. The van der Waals surface area contributed by atoms with Crippen LogP contribution < -0.4 is 5.73 Å². The van der Waals surface area contributed by atoms with Gasteiger partial charge in [0.05, 0.1) is 6.61 Å². The number of hydrogen-bond donors (Lipinski definition) is 1. The van der Waals surface area contributed by atoms with Crippen molar-refractivity contribution in [3.63, 3.8) is 0 Å². The summed E-state index contributed by atoms with van der Waals surface area (Å²) in [7, 11) is 1.77.